The summed E-state index contributed by atoms with van der Waals surface area (Å²) in [5, 5.41) is 15.3. The number of hydrazone groups is 1. The number of rotatable bonds is 4. The van der Waals surface area contributed by atoms with Crippen molar-refractivity contribution in [3.8, 4) is 0 Å². The van der Waals surface area contributed by atoms with Gasteiger partial charge in [-0.15, -0.1) is 0 Å². The number of hydrogen-bond acceptors (Lipinski definition) is 9. The molecular weight excluding hydrogens is 428 g/mol. The first-order valence-corrected chi connectivity index (χ1v) is 10.4. The predicted octanol–water partition coefficient (Wildman–Crippen LogP) is 1.43. The van der Waals surface area contributed by atoms with Gasteiger partial charge in [0.1, 0.15) is 12.2 Å². The van der Waals surface area contributed by atoms with Crippen molar-refractivity contribution < 1.29 is 33.9 Å². The number of esters is 2. The average Bonchev–Trinajstić information content (AvgIpc) is 3.42. The minimum atomic E-state index is -2.23. The molecule has 0 amide bonds. The van der Waals surface area contributed by atoms with E-state index in [0.29, 0.717) is 5.57 Å². The van der Waals surface area contributed by atoms with Gasteiger partial charge in [-0.25, -0.2) is 19.4 Å². The first-order chi connectivity index (χ1) is 16.0. The molecule has 1 aliphatic carbocycles. The van der Waals surface area contributed by atoms with Crippen molar-refractivity contribution in [3.05, 3.63) is 77.4 Å². The van der Waals surface area contributed by atoms with Crippen molar-refractivity contribution >= 4 is 23.2 Å². The van der Waals surface area contributed by atoms with Gasteiger partial charge in [0.2, 0.25) is 0 Å². The van der Waals surface area contributed by atoms with Gasteiger partial charge in [-0.3, -0.25) is 5.43 Å². The highest BCUT2D eigenvalue weighted by Crippen LogP contribution is 2.54. The minimum Gasteiger partial charge on any atom is -0.465 e. The molecule has 2 fully saturated rings. The molecule has 0 aromatic heterocycles. The Bertz CT molecular complexity index is 1110. The van der Waals surface area contributed by atoms with E-state index in [-0.39, 0.29) is 5.71 Å². The number of ether oxygens (including phenoxy) is 2. The van der Waals surface area contributed by atoms with Crippen LogP contribution in [0.15, 0.2) is 71.3 Å². The topological polar surface area (TPSA) is 116 Å². The molecular formula is C24H22N2O7. The van der Waals surface area contributed by atoms with Gasteiger partial charge in [0.15, 0.2) is 5.71 Å². The predicted molar refractivity (Wildman–Crippen MR) is 115 cm³/mol. The molecule has 1 saturated heterocycles. The van der Waals surface area contributed by atoms with Crippen molar-refractivity contribution in [2.24, 2.45) is 16.9 Å². The van der Waals surface area contributed by atoms with Gasteiger partial charge < -0.3 is 14.6 Å². The lowest BCUT2D eigenvalue weighted by molar-refractivity contribution is -0.348. The maximum atomic E-state index is 12.6. The number of benzene rings is 2. The second kappa shape index (κ2) is 8.11. The van der Waals surface area contributed by atoms with Crippen LogP contribution in [0.4, 0.5) is 0 Å². The number of fused-ring (bicyclic) bond motifs is 5. The average molecular weight is 450 g/mol. The van der Waals surface area contributed by atoms with E-state index in [9.17, 15) is 14.7 Å². The molecule has 3 aliphatic rings. The first kappa shape index (κ1) is 21.3. The molecule has 0 spiro atoms. The summed E-state index contributed by atoms with van der Waals surface area (Å²) in [6.07, 6.45) is -1.64. The quantitative estimate of drug-likeness (QED) is 0.531. The van der Waals surface area contributed by atoms with E-state index in [2.05, 4.69) is 10.5 Å². The molecule has 9 nitrogen and oxygen atoms in total. The highest BCUT2D eigenvalue weighted by Gasteiger charge is 2.69. The van der Waals surface area contributed by atoms with Crippen LogP contribution in [-0.2, 0) is 28.8 Å². The SMILES string of the molecule is COC(=O)C1=NNC(O)(C(=O)OC)[C@@H]2[C@H]1[C@@H]1OO[C@H]2C1=C(c1ccccc1)c1ccccc1. The largest absolute Gasteiger partial charge is 0.465 e. The molecule has 0 radical (unpaired) electrons. The van der Waals surface area contributed by atoms with Crippen LogP contribution in [0.3, 0.4) is 0 Å². The summed E-state index contributed by atoms with van der Waals surface area (Å²) in [5.74, 6) is -3.39. The summed E-state index contributed by atoms with van der Waals surface area (Å²) in [7, 11) is 2.40. The lowest BCUT2D eigenvalue weighted by Gasteiger charge is -2.41. The van der Waals surface area contributed by atoms with Gasteiger partial charge in [-0.1, -0.05) is 60.7 Å². The lowest BCUT2D eigenvalue weighted by Crippen LogP contribution is -2.66. The van der Waals surface area contributed by atoms with Gasteiger partial charge in [-0.05, 0) is 16.7 Å². The number of nitrogens with zero attached hydrogens (tertiary/aromatic N) is 1. The van der Waals surface area contributed by atoms with E-state index in [0.717, 1.165) is 23.8 Å². The van der Waals surface area contributed by atoms with Gasteiger partial charge in [0.25, 0.3) is 5.72 Å². The molecule has 9 heteroatoms. The fourth-order valence-corrected chi connectivity index (χ4v) is 4.97. The zero-order valence-corrected chi connectivity index (χ0v) is 17.9. The maximum absolute atomic E-state index is 12.6. The van der Waals surface area contributed by atoms with Crippen LogP contribution in [0.2, 0.25) is 0 Å². The third-order valence-corrected chi connectivity index (χ3v) is 6.36. The smallest absolute Gasteiger partial charge is 0.361 e. The summed E-state index contributed by atoms with van der Waals surface area (Å²) in [6, 6.07) is 19.3. The first-order valence-electron chi connectivity index (χ1n) is 10.4. The number of hydrogen-bond donors (Lipinski definition) is 2. The van der Waals surface area contributed by atoms with Gasteiger partial charge in [0, 0.05) is 5.57 Å². The van der Waals surface area contributed by atoms with E-state index in [1.807, 2.05) is 60.7 Å². The van der Waals surface area contributed by atoms with Crippen molar-refractivity contribution in [3.63, 3.8) is 0 Å². The molecule has 2 aliphatic heterocycles. The molecule has 2 N–H and O–H groups in total. The van der Waals surface area contributed by atoms with E-state index >= 15 is 0 Å². The second-order valence-electron chi connectivity index (χ2n) is 8.01. The summed E-state index contributed by atoms with van der Waals surface area (Å²) in [5.41, 5.74) is 3.51. The number of carbonyl (C=O) groups is 2. The fourth-order valence-electron chi connectivity index (χ4n) is 4.97. The van der Waals surface area contributed by atoms with Crippen LogP contribution in [0, 0.1) is 11.8 Å². The van der Waals surface area contributed by atoms with Crippen molar-refractivity contribution in [2.75, 3.05) is 14.2 Å². The Balaban J connectivity index is 1.75. The third kappa shape index (κ3) is 3.16. The molecule has 2 bridgehead atoms. The molecule has 33 heavy (non-hydrogen) atoms. The van der Waals surface area contributed by atoms with E-state index in [1.165, 1.54) is 7.11 Å². The number of methoxy groups -OCH3 is 2. The summed E-state index contributed by atoms with van der Waals surface area (Å²) >= 11 is 0. The zero-order valence-electron chi connectivity index (χ0n) is 17.9. The highest BCUT2D eigenvalue weighted by atomic mass is 17.2. The number of aliphatic hydroxyl groups is 1. The zero-order chi connectivity index (χ0) is 23.2. The molecule has 5 rings (SSSR count). The lowest BCUT2D eigenvalue weighted by atomic mass is 9.79. The van der Waals surface area contributed by atoms with Crippen molar-refractivity contribution in [1.29, 1.82) is 0 Å². The fraction of sp³-hybridized carbons (Fsp3) is 0.292. The Morgan fingerprint density at radius 3 is 2.06 bits per heavy atom. The van der Waals surface area contributed by atoms with Crippen LogP contribution in [-0.4, -0.2) is 54.9 Å². The third-order valence-electron chi connectivity index (χ3n) is 6.36. The summed E-state index contributed by atoms with van der Waals surface area (Å²) < 4.78 is 9.75. The molecule has 2 heterocycles. The maximum Gasteiger partial charge on any atom is 0.361 e. The van der Waals surface area contributed by atoms with E-state index < -0.39 is 41.7 Å². The van der Waals surface area contributed by atoms with Crippen LogP contribution in [0.1, 0.15) is 11.1 Å². The summed E-state index contributed by atoms with van der Waals surface area (Å²) in [4.78, 5) is 36.5. The van der Waals surface area contributed by atoms with Crippen LogP contribution in [0.25, 0.3) is 5.57 Å². The second-order valence-corrected chi connectivity index (χ2v) is 8.01. The van der Waals surface area contributed by atoms with Crippen LogP contribution >= 0.6 is 0 Å². The van der Waals surface area contributed by atoms with Crippen molar-refractivity contribution in [1.82, 2.24) is 5.43 Å². The van der Waals surface area contributed by atoms with Gasteiger partial charge in [0.05, 0.1) is 26.1 Å². The molecule has 2 aromatic rings. The van der Waals surface area contributed by atoms with E-state index in [1.54, 1.807) is 0 Å². The molecule has 1 unspecified atom stereocenters. The molecule has 170 valence electrons. The van der Waals surface area contributed by atoms with E-state index in [4.69, 9.17) is 19.2 Å². The highest BCUT2D eigenvalue weighted by molar-refractivity contribution is 6.38. The molecule has 1 saturated carbocycles. The van der Waals surface area contributed by atoms with Crippen molar-refractivity contribution in [2.45, 2.75) is 17.9 Å². The Kier molecular flexibility index (Phi) is 5.24. The number of carbonyl (C=O) groups excluding carboxylic acids is 2. The summed E-state index contributed by atoms with van der Waals surface area (Å²) in [6.45, 7) is 0. The standard InChI is InChI=1S/C24H22N2O7/c1-30-22(27)19-17-18(24(29,26-25-19)23(28)31-2)21-16(20(17)32-33-21)15(13-9-5-3-6-10-13)14-11-7-4-8-12-14/h3-12,17-18,20-21,26,29H,1-2H3/t17-,18-,20-,21+,24?/m1/s1. The number of nitrogens with one attached hydrogen (secondary N) is 1. The monoisotopic (exact) mass is 450 g/mol. The van der Waals surface area contributed by atoms with Gasteiger partial charge in [-0.2, -0.15) is 5.10 Å². The Morgan fingerprint density at radius 1 is 0.939 bits per heavy atom. The minimum absolute atomic E-state index is 0.00449. The van der Waals surface area contributed by atoms with Crippen LogP contribution in [0.5, 0.6) is 0 Å². The Labute approximate surface area is 189 Å². The van der Waals surface area contributed by atoms with Crippen LogP contribution < -0.4 is 5.43 Å². The van der Waals surface area contributed by atoms with Gasteiger partial charge >= 0.3 is 11.9 Å². The Morgan fingerprint density at radius 2 is 1.52 bits per heavy atom. The molecule has 2 aromatic carbocycles. The Hall–Kier alpha value is -3.53. The normalized spacial score (nSPS) is 29.5. The molecule has 5 atom stereocenters.